The number of aromatic nitrogens is 1. The molecule has 15 heavy (non-hydrogen) atoms. The molecule has 0 unspecified atom stereocenters. The minimum absolute atomic E-state index is 0.118. The van der Waals surface area contributed by atoms with Gasteiger partial charge in [0.2, 0.25) is 5.78 Å². The lowest BCUT2D eigenvalue weighted by molar-refractivity contribution is -0.148. The third kappa shape index (κ3) is 3.77. The Labute approximate surface area is 91.4 Å². The summed E-state index contributed by atoms with van der Waals surface area (Å²) in [7, 11) is 3.86. The summed E-state index contributed by atoms with van der Waals surface area (Å²) < 4.78 is 0. The van der Waals surface area contributed by atoms with Gasteiger partial charge >= 0.3 is 5.97 Å². The van der Waals surface area contributed by atoms with E-state index in [-0.39, 0.29) is 6.42 Å². The van der Waals surface area contributed by atoms with Crippen LogP contribution in [0.5, 0.6) is 0 Å². The van der Waals surface area contributed by atoms with Crippen LogP contribution in [0.1, 0.15) is 9.88 Å². The maximum absolute atomic E-state index is 10.9. The smallest absolute Gasteiger partial charge is 0.372 e. The molecule has 82 valence electrons. The predicted octanol–water partition coefficient (Wildman–Crippen LogP) is 0.401. The topological polar surface area (TPSA) is 70.5 Å². The normalized spacial score (nSPS) is 10.6. The highest BCUT2D eigenvalue weighted by molar-refractivity contribution is 7.11. The van der Waals surface area contributed by atoms with Gasteiger partial charge in [0.05, 0.1) is 6.42 Å². The van der Waals surface area contributed by atoms with E-state index in [0.717, 1.165) is 11.4 Å². The molecular weight excluding hydrogens is 216 g/mol. The van der Waals surface area contributed by atoms with E-state index in [9.17, 15) is 9.59 Å². The largest absolute Gasteiger partial charge is 0.475 e. The van der Waals surface area contributed by atoms with Gasteiger partial charge in [0.1, 0.15) is 5.01 Å². The lowest BCUT2D eigenvalue weighted by Gasteiger charge is -2.05. The average Bonchev–Trinajstić information content (AvgIpc) is 2.51. The van der Waals surface area contributed by atoms with Crippen LogP contribution in [0.3, 0.4) is 0 Å². The third-order valence-electron chi connectivity index (χ3n) is 1.62. The highest BCUT2D eigenvalue weighted by Gasteiger charge is 2.14. The molecule has 0 aliphatic rings. The van der Waals surface area contributed by atoms with Crippen molar-refractivity contribution in [2.24, 2.45) is 0 Å². The standard InChI is InChI=1S/C9H12N2O3S/c1-11(2)5-6-4-10-8(15-6)3-7(12)9(13)14/h4H,3,5H2,1-2H3,(H,13,14). The molecule has 1 N–H and O–H groups in total. The Morgan fingerprint density at radius 3 is 2.73 bits per heavy atom. The van der Waals surface area contributed by atoms with Crippen LogP contribution >= 0.6 is 11.3 Å². The Hall–Kier alpha value is -1.27. The van der Waals surface area contributed by atoms with Crippen molar-refractivity contribution in [3.63, 3.8) is 0 Å². The van der Waals surface area contributed by atoms with Crippen LogP contribution in [0.25, 0.3) is 0 Å². The first-order valence-electron chi connectivity index (χ1n) is 4.33. The van der Waals surface area contributed by atoms with Gasteiger partial charge in [-0.05, 0) is 14.1 Å². The van der Waals surface area contributed by atoms with E-state index in [1.165, 1.54) is 11.3 Å². The van der Waals surface area contributed by atoms with Gasteiger partial charge in [-0.1, -0.05) is 0 Å². The average molecular weight is 228 g/mol. The first-order valence-corrected chi connectivity index (χ1v) is 5.15. The van der Waals surface area contributed by atoms with Crippen molar-refractivity contribution in [2.45, 2.75) is 13.0 Å². The van der Waals surface area contributed by atoms with Gasteiger partial charge in [-0.15, -0.1) is 11.3 Å². The number of carbonyl (C=O) groups is 2. The van der Waals surface area contributed by atoms with Gasteiger partial charge in [0, 0.05) is 17.6 Å². The Morgan fingerprint density at radius 1 is 1.53 bits per heavy atom. The molecule has 1 aromatic rings. The number of hydrogen-bond donors (Lipinski definition) is 1. The molecule has 0 aliphatic heterocycles. The van der Waals surface area contributed by atoms with E-state index in [1.54, 1.807) is 6.20 Å². The fraction of sp³-hybridized carbons (Fsp3) is 0.444. The molecule has 0 aromatic carbocycles. The zero-order chi connectivity index (χ0) is 11.4. The second-order valence-corrected chi connectivity index (χ2v) is 4.56. The second-order valence-electron chi connectivity index (χ2n) is 3.36. The number of aliphatic carboxylic acids is 1. The summed E-state index contributed by atoms with van der Waals surface area (Å²) in [6.45, 7) is 0.749. The van der Waals surface area contributed by atoms with Crippen molar-refractivity contribution in [1.82, 2.24) is 9.88 Å². The fourth-order valence-electron chi connectivity index (χ4n) is 1.03. The van der Waals surface area contributed by atoms with Gasteiger partial charge in [0.15, 0.2) is 0 Å². The summed E-state index contributed by atoms with van der Waals surface area (Å²) in [5.41, 5.74) is 0. The van der Waals surface area contributed by atoms with Crippen LogP contribution in [0.4, 0.5) is 0 Å². The molecule has 5 nitrogen and oxygen atoms in total. The SMILES string of the molecule is CN(C)Cc1cnc(CC(=O)C(=O)O)s1. The number of hydrogen-bond acceptors (Lipinski definition) is 5. The Bertz CT molecular complexity index is 373. The maximum atomic E-state index is 10.9. The molecule has 0 fully saturated rings. The number of carbonyl (C=O) groups excluding carboxylic acids is 1. The van der Waals surface area contributed by atoms with E-state index in [2.05, 4.69) is 4.98 Å². The van der Waals surface area contributed by atoms with Crippen LogP contribution in [0.15, 0.2) is 6.20 Å². The van der Waals surface area contributed by atoms with Crippen molar-refractivity contribution < 1.29 is 14.7 Å². The molecule has 1 rings (SSSR count). The van der Waals surface area contributed by atoms with Crippen LogP contribution in [-0.2, 0) is 22.6 Å². The molecule has 0 atom stereocenters. The first-order chi connectivity index (χ1) is 6.99. The first kappa shape index (κ1) is 11.8. The minimum Gasteiger partial charge on any atom is -0.475 e. The minimum atomic E-state index is -1.40. The zero-order valence-electron chi connectivity index (χ0n) is 8.56. The van der Waals surface area contributed by atoms with E-state index in [0.29, 0.717) is 5.01 Å². The van der Waals surface area contributed by atoms with Crippen molar-refractivity contribution in [2.75, 3.05) is 14.1 Å². The molecule has 0 saturated carbocycles. The lowest BCUT2D eigenvalue weighted by Crippen LogP contribution is -2.14. The number of carboxylic acid groups (broad SMARTS) is 1. The monoisotopic (exact) mass is 228 g/mol. The number of nitrogens with zero attached hydrogens (tertiary/aromatic N) is 2. The summed E-state index contributed by atoms with van der Waals surface area (Å²) in [4.78, 5) is 28.2. The number of Topliss-reactive ketones (excluding diaryl/α,β-unsaturated/α-hetero) is 1. The van der Waals surface area contributed by atoms with Crippen molar-refractivity contribution in [3.8, 4) is 0 Å². The maximum Gasteiger partial charge on any atom is 0.372 e. The van der Waals surface area contributed by atoms with Crippen molar-refractivity contribution >= 4 is 23.1 Å². The zero-order valence-corrected chi connectivity index (χ0v) is 9.37. The van der Waals surface area contributed by atoms with E-state index in [4.69, 9.17) is 5.11 Å². The summed E-state index contributed by atoms with van der Waals surface area (Å²) >= 11 is 1.37. The number of carboxylic acids is 1. The van der Waals surface area contributed by atoms with E-state index in [1.807, 2.05) is 19.0 Å². The van der Waals surface area contributed by atoms with E-state index >= 15 is 0 Å². The summed E-state index contributed by atoms with van der Waals surface area (Å²) in [5.74, 6) is -2.22. The van der Waals surface area contributed by atoms with Gasteiger partial charge in [-0.3, -0.25) is 4.79 Å². The van der Waals surface area contributed by atoms with Gasteiger partial charge in [-0.25, -0.2) is 9.78 Å². The predicted molar refractivity (Wildman–Crippen MR) is 55.9 cm³/mol. The van der Waals surface area contributed by atoms with Gasteiger partial charge < -0.3 is 10.0 Å². The lowest BCUT2D eigenvalue weighted by atomic mass is 10.3. The van der Waals surface area contributed by atoms with Crippen LogP contribution in [0, 0.1) is 0 Å². The highest BCUT2D eigenvalue weighted by Crippen LogP contribution is 2.14. The van der Waals surface area contributed by atoms with Crippen LogP contribution in [0.2, 0.25) is 0 Å². The Kier molecular flexibility index (Phi) is 3.93. The highest BCUT2D eigenvalue weighted by atomic mass is 32.1. The Balaban J connectivity index is 2.60. The molecule has 0 spiro atoms. The molecule has 6 heteroatoms. The van der Waals surface area contributed by atoms with Crippen molar-refractivity contribution in [1.29, 1.82) is 0 Å². The second kappa shape index (κ2) is 4.99. The van der Waals surface area contributed by atoms with Crippen LogP contribution < -0.4 is 0 Å². The quantitative estimate of drug-likeness (QED) is 0.739. The number of thiazole rings is 1. The van der Waals surface area contributed by atoms with Crippen molar-refractivity contribution in [3.05, 3.63) is 16.1 Å². The molecular formula is C9H12N2O3S. The summed E-state index contributed by atoms with van der Waals surface area (Å²) in [6.07, 6.45) is 1.56. The molecule has 0 radical (unpaired) electrons. The molecule has 0 bridgehead atoms. The fourth-order valence-corrected chi connectivity index (χ4v) is 2.07. The molecule has 1 heterocycles. The molecule has 0 aliphatic carbocycles. The van der Waals surface area contributed by atoms with E-state index < -0.39 is 11.8 Å². The molecule has 0 saturated heterocycles. The summed E-state index contributed by atoms with van der Waals surface area (Å²) in [6, 6.07) is 0. The molecule has 1 aromatic heterocycles. The third-order valence-corrected chi connectivity index (χ3v) is 2.61. The number of ketones is 1. The van der Waals surface area contributed by atoms with Crippen LogP contribution in [-0.4, -0.2) is 40.8 Å². The molecule has 0 amide bonds. The summed E-state index contributed by atoms with van der Waals surface area (Å²) in [5, 5.41) is 8.97. The van der Waals surface area contributed by atoms with Gasteiger partial charge in [-0.2, -0.15) is 0 Å². The van der Waals surface area contributed by atoms with Gasteiger partial charge in [0.25, 0.3) is 0 Å². The number of rotatable bonds is 5. The Morgan fingerprint density at radius 2 is 2.20 bits per heavy atom.